The van der Waals surface area contributed by atoms with E-state index in [1.165, 1.54) is 26.4 Å². The average Bonchev–Trinajstić information content (AvgIpc) is 2.98. The normalized spacial score (nSPS) is 10.8. The lowest BCUT2D eigenvalue weighted by Gasteiger charge is -2.15. The number of anilines is 1. The first-order chi connectivity index (χ1) is 13.8. The Bertz CT molecular complexity index is 1120. The van der Waals surface area contributed by atoms with Gasteiger partial charge in [0.05, 0.1) is 25.5 Å². The summed E-state index contributed by atoms with van der Waals surface area (Å²) < 4.78 is 12.3. The predicted molar refractivity (Wildman–Crippen MR) is 112 cm³/mol. The van der Waals surface area contributed by atoms with Crippen LogP contribution in [0.1, 0.15) is 33.3 Å². The number of amides is 1. The van der Waals surface area contributed by atoms with Gasteiger partial charge >= 0.3 is 5.97 Å². The number of fused-ring (bicyclic) bond motifs is 1. The Morgan fingerprint density at radius 1 is 1.14 bits per heavy atom. The van der Waals surface area contributed by atoms with Crippen molar-refractivity contribution >= 4 is 40.1 Å². The van der Waals surface area contributed by atoms with Gasteiger partial charge in [-0.2, -0.15) is 0 Å². The molecule has 29 heavy (non-hydrogen) atoms. The quantitative estimate of drug-likeness (QED) is 0.613. The van der Waals surface area contributed by atoms with E-state index >= 15 is 0 Å². The summed E-state index contributed by atoms with van der Waals surface area (Å²) in [4.78, 5) is 24.9. The number of aromatic carboxylic acids is 1. The topological polar surface area (TPSA) is 89.8 Å². The monoisotopic (exact) mass is 416 g/mol. The number of carbonyl (C=O) groups is 2. The fourth-order valence-electron chi connectivity index (χ4n) is 3.46. The summed E-state index contributed by atoms with van der Waals surface area (Å²) in [6.45, 7) is 4.34. The number of carboxylic acid groups (broad SMARTS) is 1. The fourth-order valence-corrected chi connectivity index (χ4v) is 3.63. The molecule has 3 rings (SSSR count). The van der Waals surface area contributed by atoms with Crippen LogP contribution >= 0.6 is 11.6 Å². The largest absolute Gasteiger partial charge is 0.493 e. The highest BCUT2D eigenvalue weighted by Gasteiger charge is 2.23. The summed E-state index contributed by atoms with van der Waals surface area (Å²) in [6, 6.07) is 8.20. The van der Waals surface area contributed by atoms with E-state index < -0.39 is 11.9 Å². The number of rotatable bonds is 6. The third kappa shape index (κ3) is 3.61. The van der Waals surface area contributed by atoms with Crippen LogP contribution in [0.4, 0.5) is 5.69 Å². The molecule has 1 amide bonds. The van der Waals surface area contributed by atoms with Gasteiger partial charge in [0.2, 0.25) is 0 Å². The van der Waals surface area contributed by atoms with E-state index in [1.54, 1.807) is 6.07 Å². The van der Waals surface area contributed by atoms with Gasteiger partial charge in [0.15, 0.2) is 11.5 Å². The molecule has 1 aromatic heterocycles. The molecule has 0 spiro atoms. The number of nitrogens with zero attached hydrogens (tertiary/aromatic N) is 1. The zero-order valence-electron chi connectivity index (χ0n) is 16.5. The molecule has 0 bridgehead atoms. The Hall–Kier alpha value is -3.19. The van der Waals surface area contributed by atoms with Crippen LogP contribution in [0.25, 0.3) is 10.9 Å². The highest BCUT2D eigenvalue weighted by Crippen LogP contribution is 2.34. The molecule has 0 aliphatic rings. The second kappa shape index (κ2) is 8.05. The minimum absolute atomic E-state index is 0.101. The van der Waals surface area contributed by atoms with Gasteiger partial charge in [-0.1, -0.05) is 11.6 Å². The summed E-state index contributed by atoms with van der Waals surface area (Å²) in [6.07, 6.45) is 0. The minimum atomic E-state index is -1.19. The summed E-state index contributed by atoms with van der Waals surface area (Å²) in [5.74, 6) is -1.05. The van der Waals surface area contributed by atoms with Crippen molar-refractivity contribution in [3.8, 4) is 11.5 Å². The molecule has 8 heteroatoms. The lowest BCUT2D eigenvalue weighted by molar-refractivity contribution is 0.0697. The van der Waals surface area contributed by atoms with E-state index in [4.69, 9.17) is 21.1 Å². The number of carboxylic acids is 1. The van der Waals surface area contributed by atoms with Crippen molar-refractivity contribution in [3.63, 3.8) is 0 Å². The van der Waals surface area contributed by atoms with E-state index in [0.29, 0.717) is 23.0 Å². The van der Waals surface area contributed by atoms with E-state index in [2.05, 4.69) is 5.32 Å². The maximum atomic E-state index is 13.2. The minimum Gasteiger partial charge on any atom is -0.493 e. The maximum Gasteiger partial charge on any atom is 0.337 e. The Morgan fingerprint density at radius 3 is 2.38 bits per heavy atom. The molecular formula is C21H21ClN2O5. The molecule has 0 aliphatic heterocycles. The molecule has 0 aliphatic carbocycles. The Kier molecular flexibility index (Phi) is 5.70. The van der Waals surface area contributed by atoms with Crippen LogP contribution in [0.2, 0.25) is 5.02 Å². The van der Waals surface area contributed by atoms with Gasteiger partial charge in [-0.05, 0) is 37.6 Å². The van der Waals surface area contributed by atoms with Crippen LogP contribution in [-0.4, -0.2) is 35.8 Å². The molecule has 0 fully saturated rings. The number of aromatic nitrogens is 1. The average molecular weight is 417 g/mol. The summed E-state index contributed by atoms with van der Waals surface area (Å²) in [7, 11) is 2.85. The van der Waals surface area contributed by atoms with Gasteiger partial charge in [0.1, 0.15) is 5.69 Å². The number of ether oxygens (including phenoxy) is 2. The number of hydrogen-bond acceptors (Lipinski definition) is 4. The second-order valence-corrected chi connectivity index (χ2v) is 6.83. The Morgan fingerprint density at radius 2 is 1.79 bits per heavy atom. The Balaban J connectivity index is 2.12. The molecule has 7 nitrogen and oxygen atoms in total. The summed E-state index contributed by atoms with van der Waals surface area (Å²) in [5, 5.41) is 13.7. The Labute approximate surface area is 172 Å². The zero-order chi connectivity index (χ0) is 21.3. The van der Waals surface area contributed by atoms with Gasteiger partial charge in [-0.3, -0.25) is 4.79 Å². The van der Waals surface area contributed by atoms with Gasteiger partial charge in [-0.15, -0.1) is 0 Å². The molecule has 0 saturated carbocycles. The molecule has 0 unspecified atom stereocenters. The third-order valence-electron chi connectivity index (χ3n) is 4.81. The molecule has 152 valence electrons. The van der Waals surface area contributed by atoms with Crippen molar-refractivity contribution in [1.82, 2.24) is 4.57 Å². The molecular weight excluding hydrogens is 396 g/mol. The number of carbonyl (C=O) groups excluding carboxylic acids is 1. The van der Waals surface area contributed by atoms with Crippen LogP contribution in [-0.2, 0) is 6.54 Å². The maximum absolute atomic E-state index is 13.2. The number of benzene rings is 2. The summed E-state index contributed by atoms with van der Waals surface area (Å²) in [5.41, 5.74) is 2.10. The van der Waals surface area contributed by atoms with E-state index in [0.717, 1.165) is 16.5 Å². The van der Waals surface area contributed by atoms with Crippen molar-refractivity contribution in [2.45, 2.75) is 20.4 Å². The first-order valence-corrected chi connectivity index (χ1v) is 9.29. The highest BCUT2D eigenvalue weighted by molar-refractivity contribution is 6.31. The van der Waals surface area contributed by atoms with Crippen LogP contribution in [0, 0.1) is 6.92 Å². The first kappa shape index (κ1) is 20.5. The molecule has 0 saturated heterocycles. The van der Waals surface area contributed by atoms with Gasteiger partial charge in [0, 0.05) is 34.6 Å². The highest BCUT2D eigenvalue weighted by atomic mass is 35.5. The van der Waals surface area contributed by atoms with Crippen molar-refractivity contribution in [2.75, 3.05) is 19.5 Å². The number of methoxy groups -OCH3 is 2. The van der Waals surface area contributed by atoms with Crippen molar-refractivity contribution < 1.29 is 24.2 Å². The van der Waals surface area contributed by atoms with Crippen molar-refractivity contribution in [2.24, 2.45) is 0 Å². The fraction of sp³-hybridized carbons (Fsp3) is 0.238. The number of halogens is 1. The second-order valence-electron chi connectivity index (χ2n) is 6.39. The van der Waals surface area contributed by atoms with Crippen LogP contribution < -0.4 is 14.8 Å². The van der Waals surface area contributed by atoms with Crippen LogP contribution in [0.5, 0.6) is 11.5 Å². The number of nitrogens with one attached hydrogen (secondary N) is 1. The van der Waals surface area contributed by atoms with E-state index in [1.807, 2.05) is 30.5 Å². The van der Waals surface area contributed by atoms with Crippen LogP contribution in [0.3, 0.4) is 0 Å². The molecule has 0 atom stereocenters. The summed E-state index contributed by atoms with van der Waals surface area (Å²) >= 11 is 6.12. The molecule has 2 aromatic carbocycles. The van der Waals surface area contributed by atoms with Gasteiger partial charge in [-0.25, -0.2) is 4.79 Å². The SMILES string of the molecule is CCn1c(C(=O)Nc2cc(OC)c(OC)cc2C(=O)O)c(C)c2cc(Cl)ccc21. The van der Waals surface area contributed by atoms with E-state index in [-0.39, 0.29) is 17.0 Å². The third-order valence-corrected chi connectivity index (χ3v) is 5.05. The molecule has 0 radical (unpaired) electrons. The van der Waals surface area contributed by atoms with E-state index in [9.17, 15) is 14.7 Å². The molecule has 3 aromatic rings. The molecule has 2 N–H and O–H groups in total. The predicted octanol–water partition coefficient (Wildman–Crippen LogP) is 4.59. The zero-order valence-corrected chi connectivity index (χ0v) is 17.3. The number of hydrogen-bond donors (Lipinski definition) is 2. The lowest BCUT2D eigenvalue weighted by Crippen LogP contribution is -2.19. The first-order valence-electron chi connectivity index (χ1n) is 8.91. The smallest absolute Gasteiger partial charge is 0.337 e. The van der Waals surface area contributed by atoms with Gasteiger partial charge in [0.25, 0.3) is 5.91 Å². The standard InChI is InChI=1S/C21H21ClN2O5/c1-5-24-16-7-6-12(22)8-13(16)11(2)19(24)20(25)23-15-10-18(29-4)17(28-3)9-14(15)21(26)27/h6-10H,5H2,1-4H3,(H,23,25)(H,26,27). The molecule has 1 heterocycles. The van der Waals surface area contributed by atoms with Crippen molar-refractivity contribution in [3.05, 3.63) is 52.2 Å². The van der Waals surface area contributed by atoms with Crippen molar-refractivity contribution in [1.29, 1.82) is 0 Å². The van der Waals surface area contributed by atoms with Crippen LogP contribution in [0.15, 0.2) is 30.3 Å². The van der Waals surface area contributed by atoms with Gasteiger partial charge < -0.3 is 24.5 Å². The number of aryl methyl sites for hydroxylation is 2. The lowest BCUT2D eigenvalue weighted by atomic mass is 10.1.